The third-order valence-corrected chi connectivity index (χ3v) is 3.13. The molecule has 7 heteroatoms. The van der Waals surface area contributed by atoms with Gasteiger partial charge < -0.3 is 10.4 Å². The number of aliphatic hydroxyl groups excluding tert-OH is 1. The van der Waals surface area contributed by atoms with E-state index in [1.54, 1.807) is 6.07 Å². The molecule has 0 aliphatic rings. The molecule has 0 bridgehead atoms. The lowest BCUT2D eigenvalue weighted by Crippen LogP contribution is -2.38. The number of rotatable bonds is 3. The minimum Gasteiger partial charge on any atom is -0.394 e. The molecule has 0 aliphatic carbocycles. The van der Waals surface area contributed by atoms with Crippen LogP contribution in [0, 0.1) is 0 Å². The van der Waals surface area contributed by atoms with E-state index in [1.165, 1.54) is 11.3 Å². The highest BCUT2D eigenvalue weighted by molar-refractivity contribution is 7.10. The summed E-state index contributed by atoms with van der Waals surface area (Å²) in [6, 6.07) is 3.06. The topological polar surface area (TPSA) is 49.3 Å². The number of nitrogens with one attached hydrogen (secondary N) is 1. The van der Waals surface area contributed by atoms with Crippen LogP contribution in [0.4, 0.5) is 0 Å². The monoisotopic (exact) mass is 287 g/mol. The first-order valence-electron chi connectivity index (χ1n) is 3.97. The largest absolute Gasteiger partial charge is 0.394 e. The molecule has 0 aromatic carbocycles. The molecule has 0 aliphatic heterocycles. The molecule has 0 spiro atoms. The van der Waals surface area contributed by atoms with E-state index < -0.39 is 15.7 Å². The van der Waals surface area contributed by atoms with E-state index in [0.29, 0.717) is 0 Å². The van der Waals surface area contributed by atoms with Crippen molar-refractivity contribution in [1.29, 1.82) is 0 Å². The summed E-state index contributed by atoms with van der Waals surface area (Å²) in [5.41, 5.74) is 0. The average molecular weight is 289 g/mol. The number of carbonyl (C=O) groups excluding carboxylic acids is 1. The zero-order valence-corrected chi connectivity index (χ0v) is 10.5. The van der Waals surface area contributed by atoms with E-state index in [4.69, 9.17) is 39.9 Å². The van der Waals surface area contributed by atoms with Crippen molar-refractivity contribution in [3.63, 3.8) is 0 Å². The summed E-state index contributed by atoms with van der Waals surface area (Å²) in [5, 5.41) is 13.3. The van der Waals surface area contributed by atoms with E-state index in [2.05, 4.69) is 5.32 Å². The Labute approximate surface area is 106 Å². The molecule has 1 amide bonds. The predicted octanol–water partition coefficient (Wildman–Crippen LogP) is 2.27. The minimum absolute atomic E-state index is 0.243. The Morgan fingerprint density at radius 3 is 2.67 bits per heavy atom. The van der Waals surface area contributed by atoms with Crippen molar-refractivity contribution in [2.45, 2.75) is 9.83 Å². The maximum Gasteiger partial charge on any atom is 0.272 e. The molecule has 1 aromatic heterocycles. The lowest BCUT2D eigenvalue weighted by Gasteiger charge is -2.18. The maximum absolute atomic E-state index is 11.3. The molecule has 1 aromatic rings. The molecular formula is C8H8Cl3NO2S. The van der Waals surface area contributed by atoms with Gasteiger partial charge in [0.1, 0.15) is 0 Å². The smallest absolute Gasteiger partial charge is 0.272 e. The van der Waals surface area contributed by atoms with Gasteiger partial charge >= 0.3 is 0 Å². The van der Waals surface area contributed by atoms with Gasteiger partial charge in [0.05, 0.1) is 12.6 Å². The summed E-state index contributed by atoms with van der Waals surface area (Å²) in [4.78, 5) is 12.1. The van der Waals surface area contributed by atoms with Gasteiger partial charge in [-0.05, 0) is 11.4 Å². The van der Waals surface area contributed by atoms with Crippen molar-refractivity contribution in [2.24, 2.45) is 0 Å². The van der Waals surface area contributed by atoms with Gasteiger partial charge in [-0.15, -0.1) is 11.3 Å². The van der Waals surface area contributed by atoms with Gasteiger partial charge in [0.15, 0.2) is 0 Å². The van der Waals surface area contributed by atoms with Gasteiger partial charge in [0.25, 0.3) is 9.70 Å². The highest BCUT2D eigenvalue weighted by Gasteiger charge is 2.32. The van der Waals surface area contributed by atoms with Crippen LogP contribution in [-0.2, 0) is 4.79 Å². The maximum atomic E-state index is 11.3. The van der Waals surface area contributed by atoms with Gasteiger partial charge in [-0.1, -0.05) is 40.9 Å². The van der Waals surface area contributed by atoms with Crippen LogP contribution in [0.25, 0.3) is 0 Å². The third-order valence-electron chi connectivity index (χ3n) is 1.63. The Hall–Kier alpha value is -0.000000000000000111. The molecular weight excluding hydrogens is 281 g/mol. The van der Waals surface area contributed by atoms with E-state index in [-0.39, 0.29) is 6.61 Å². The van der Waals surface area contributed by atoms with Gasteiger partial charge in [-0.2, -0.15) is 0 Å². The second kappa shape index (κ2) is 5.37. The fourth-order valence-corrected chi connectivity index (χ4v) is 1.87. The van der Waals surface area contributed by atoms with Gasteiger partial charge in [-0.25, -0.2) is 0 Å². The number of thiophene rings is 1. The SMILES string of the molecule is O=C(NC(CO)c1cccs1)C(Cl)(Cl)Cl. The van der Waals surface area contributed by atoms with Crippen molar-refractivity contribution in [3.05, 3.63) is 22.4 Å². The number of amides is 1. The van der Waals surface area contributed by atoms with Crippen LogP contribution in [0.3, 0.4) is 0 Å². The second-order valence-corrected chi connectivity index (χ2v) is 5.98. The van der Waals surface area contributed by atoms with Crippen LogP contribution in [0.15, 0.2) is 17.5 Å². The molecule has 0 radical (unpaired) electrons. The molecule has 0 fully saturated rings. The number of hydrogen-bond donors (Lipinski definition) is 2. The third kappa shape index (κ3) is 3.81. The van der Waals surface area contributed by atoms with Crippen LogP contribution in [0.2, 0.25) is 0 Å². The Bertz CT molecular complexity index is 323. The van der Waals surface area contributed by atoms with Crippen LogP contribution in [0.1, 0.15) is 10.9 Å². The van der Waals surface area contributed by atoms with Crippen LogP contribution in [-0.4, -0.2) is 21.4 Å². The van der Waals surface area contributed by atoms with Gasteiger partial charge in [0.2, 0.25) is 0 Å². The molecule has 2 N–H and O–H groups in total. The van der Waals surface area contributed by atoms with Crippen molar-refractivity contribution >= 4 is 52.0 Å². The summed E-state index contributed by atoms with van der Waals surface area (Å²) in [6.45, 7) is -0.243. The Balaban J connectivity index is 2.67. The summed E-state index contributed by atoms with van der Waals surface area (Å²) in [6.07, 6.45) is 0. The highest BCUT2D eigenvalue weighted by atomic mass is 35.6. The molecule has 1 unspecified atom stereocenters. The van der Waals surface area contributed by atoms with Gasteiger partial charge in [0, 0.05) is 4.88 Å². The quantitative estimate of drug-likeness (QED) is 0.838. The summed E-state index contributed by atoms with van der Waals surface area (Å²) >= 11 is 17.6. The lowest BCUT2D eigenvalue weighted by atomic mass is 10.2. The van der Waals surface area contributed by atoms with Crippen LogP contribution in [0.5, 0.6) is 0 Å². The van der Waals surface area contributed by atoms with E-state index in [1.807, 2.05) is 11.4 Å². The summed E-state index contributed by atoms with van der Waals surface area (Å²) in [5.74, 6) is -0.750. The van der Waals surface area contributed by atoms with Gasteiger partial charge in [-0.3, -0.25) is 4.79 Å². The number of halogens is 3. The predicted molar refractivity (Wildman–Crippen MR) is 62.6 cm³/mol. The molecule has 84 valence electrons. The van der Waals surface area contributed by atoms with Crippen molar-refractivity contribution in [3.8, 4) is 0 Å². The summed E-state index contributed by atoms with van der Waals surface area (Å²) < 4.78 is -2.01. The first-order chi connectivity index (χ1) is 6.95. The first kappa shape index (κ1) is 13.1. The molecule has 1 heterocycles. The zero-order valence-electron chi connectivity index (χ0n) is 7.41. The minimum atomic E-state index is -2.01. The molecule has 15 heavy (non-hydrogen) atoms. The van der Waals surface area contributed by atoms with E-state index in [9.17, 15) is 4.79 Å². The Morgan fingerprint density at radius 1 is 1.60 bits per heavy atom. The number of aliphatic hydroxyl groups is 1. The van der Waals surface area contributed by atoms with E-state index >= 15 is 0 Å². The lowest BCUT2D eigenvalue weighted by molar-refractivity contribution is -0.121. The normalized spacial score (nSPS) is 13.6. The fraction of sp³-hybridized carbons (Fsp3) is 0.375. The van der Waals surface area contributed by atoms with Crippen LogP contribution >= 0.6 is 46.1 Å². The molecule has 3 nitrogen and oxygen atoms in total. The number of alkyl halides is 3. The Morgan fingerprint density at radius 2 is 2.27 bits per heavy atom. The average Bonchev–Trinajstić information content (AvgIpc) is 2.64. The zero-order chi connectivity index (χ0) is 11.5. The highest BCUT2D eigenvalue weighted by Crippen LogP contribution is 2.28. The Kier molecular flexibility index (Phi) is 4.67. The number of carbonyl (C=O) groups is 1. The van der Waals surface area contributed by atoms with Crippen molar-refractivity contribution in [2.75, 3.05) is 6.61 Å². The first-order valence-corrected chi connectivity index (χ1v) is 5.98. The molecule has 1 atom stereocenters. The number of hydrogen-bond acceptors (Lipinski definition) is 3. The molecule has 0 saturated carbocycles. The standard InChI is InChI=1S/C8H8Cl3NO2S/c9-8(10,11)7(14)12-5(4-13)6-2-1-3-15-6/h1-3,5,13H,4H2,(H,12,14). The van der Waals surface area contributed by atoms with E-state index in [0.717, 1.165) is 4.88 Å². The molecule has 1 rings (SSSR count). The van der Waals surface area contributed by atoms with Crippen molar-refractivity contribution < 1.29 is 9.90 Å². The molecule has 0 saturated heterocycles. The second-order valence-electron chi connectivity index (χ2n) is 2.72. The van der Waals surface area contributed by atoms with Crippen molar-refractivity contribution in [1.82, 2.24) is 5.32 Å². The van der Waals surface area contributed by atoms with Crippen LogP contribution < -0.4 is 5.32 Å². The summed E-state index contributed by atoms with van der Waals surface area (Å²) in [7, 11) is 0. The fourth-order valence-electron chi connectivity index (χ4n) is 0.936.